The molecule has 0 aromatic heterocycles. The Hall–Kier alpha value is -0.300. The molecule has 0 unspecified atom stereocenters. The maximum Gasteiger partial charge on any atom is 0.137 e. The molecule has 0 aromatic rings. The summed E-state index contributed by atoms with van der Waals surface area (Å²) >= 11 is 0. The molecule has 0 spiro atoms. The molecule has 0 aromatic carbocycles. The zero-order valence-corrected chi connectivity index (χ0v) is 16.0. The lowest BCUT2D eigenvalue weighted by Gasteiger charge is -2.58. The van der Waals surface area contributed by atoms with E-state index in [2.05, 4.69) is 41.2 Å². The first-order valence-electron chi connectivity index (χ1n) is 8.87. The first-order chi connectivity index (χ1) is 9.72. The number of hydrogen-bond donors (Lipinski definition) is 0. The van der Waals surface area contributed by atoms with Crippen LogP contribution in [-0.4, -0.2) is 5.78 Å². The lowest BCUT2D eigenvalue weighted by molar-refractivity contribution is -0.145. The summed E-state index contributed by atoms with van der Waals surface area (Å²) in [6.45, 7) is 15.6. The lowest BCUT2D eigenvalue weighted by atomic mass is 9.46. The molecular weight excluding hydrogens is 292 g/mol. The molecule has 5 atom stereocenters. The van der Waals surface area contributed by atoms with E-state index in [0.717, 1.165) is 0 Å². The monoisotopic (exact) mass is 326 g/mol. The number of fused-ring (bicyclic) bond motifs is 1. The third kappa shape index (κ3) is 3.45. The van der Waals surface area contributed by atoms with E-state index in [4.69, 9.17) is 0 Å². The van der Waals surface area contributed by atoms with Crippen molar-refractivity contribution in [2.75, 3.05) is 0 Å². The second-order valence-electron chi connectivity index (χ2n) is 8.82. The van der Waals surface area contributed by atoms with Gasteiger partial charge in [0.15, 0.2) is 0 Å². The topological polar surface area (TPSA) is 17.1 Å². The number of hydrogen-bond acceptors (Lipinski definition) is 1. The van der Waals surface area contributed by atoms with Crippen LogP contribution in [-0.2, 0) is 4.79 Å². The summed E-state index contributed by atoms with van der Waals surface area (Å²) in [5.41, 5.74) is 0.618. The SMILES string of the molecule is C=C[C@@H](C)CC(=O)[C@H]1[C@@H](C)CC[C@H]2C(C)(C)CCC[C@]12C.Cl. The van der Waals surface area contributed by atoms with Crippen LogP contribution in [0, 0.1) is 34.5 Å². The van der Waals surface area contributed by atoms with Gasteiger partial charge in [0.25, 0.3) is 0 Å². The molecule has 0 radical (unpaired) electrons. The van der Waals surface area contributed by atoms with Crippen LogP contribution in [0.2, 0.25) is 0 Å². The number of allylic oxidation sites excluding steroid dienone is 1. The zero-order chi connectivity index (χ0) is 15.8. The molecular formula is C20H35ClO. The molecule has 2 saturated carbocycles. The fraction of sp³-hybridized carbons (Fsp3) is 0.850. The number of halogens is 1. The molecule has 0 aliphatic heterocycles. The van der Waals surface area contributed by atoms with Gasteiger partial charge in [0.2, 0.25) is 0 Å². The minimum atomic E-state index is 0. The standard InChI is InChI=1S/C20H34O.ClH/c1-7-14(2)13-16(21)18-15(3)9-10-17-19(4,5)11-8-12-20(17,18)6;/h7,14-15,17-18H,1,8-13H2,2-6H3;1H/t14-,15+,17+,18-,20+;/m1./s1. The van der Waals surface area contributed by atoms with Crippen LogP contribution in [0.1, 0.15) is 73.1 Å². The van der Waals surface area contributed by atoms with Crippen LogP contribution >= 0.6 is 12.4 Å². The second-order valence-corrected chi connectivity index (χ2v) is 8.82. The zero-order valence-electron chi connectivity index (χ0n) is 15.2. The molecule has 0 amide bonds. The van der Waals surface area contributed by atoms with Gasteiger partial charge in [0.1, 0.15) is 5.78 Å². The Balaban J connectivity index is 0.00000242. The Morgan fingerprint density at radius 3 is 2.50 bits per heavy atom. The van der Waals surface area contributed by atoms with E-state index in [9.17, 15) is 4.79 Å². The Morgan fingerprint density at radius 1 is 1.27 bits per heavy atom. The predicted molar refractivity (Wildman–Crippen MR) is 97.4 cm³/mol. The van der Waals surface area contributed by atoms with Gasteiger partial charge in [-0.15, -0.1) is 19.0 Å². The minimum absolute atomic E-state index is 0. The average Bonchev–Trinajstić information content (AvgIpc) is 2.36. The highest BCUT2D eigenvalue weighted by Gasteiger charge is 2.55. The molecule has 22 heavy (non-hydrogen) atoms. The smallest absolute Gasteiger partial charge is 0.137 e. The van der Waals surface area contributed by atoms with Crippen LogP contribution in [0.4, 0.5) is 0 Å². The first kappa shape index (κ1) is 19.7. The molecule has 0 N–H and O–H groups in total. The van der Waals surface area contributed by atoms with Crippen molar-refractivity contribution < 1.29 is 4.79 Å². The summed E-state index contributed by atoms with van der Waals surface area (Å²) in [5.74, 6) is 2.33. The van der Waals surface area contributed by atoms with Gasteiger partial charge in [-0.2, -0.15) is 0 Å². The van der Waals surface area contributed by atoms with Gasteiger partial charge in [0.05, 0.1) is 0 Å². The number of ketones is 1. The number of rotatable bonds is 4. The Kier molecular flexibility index (Phi) is 6.35. The molecule has 2 aliphatic carbocycles. The summed E-state index contributed by atoms with van der Waals surface area (Å²) in [5, 5.41) is 0. The first-order valence-corrected chi connectivity index (χ1v) is 8.87. The van der Waals surface area contributed by atoms with Crippen LogP contribution in [0.3, 0.4) is 0 Å². The largest absolute Gasteiger partial charge is 0.299 e. The van der Waals surface area contributed by atoms with Crippen LogP contribution < -0.4 is 0 Å². The minimum Gasteiger partial charge on any atom is -0.299 e. The third-order valence-corrected chi connectivity index (χ3v) is 6.74. The normalized spacial score (nSPS) is 38.3. The van der Waals surface area contributed by atoms with Crippen molar-refractivity contribution in [3.05, 3.63) is 12.7 Å². The van der Waals surface area contributed by atoms with Crippen molar-refractivity contribution in [1.82, 2.24) is 0 Å². The van der Waals surface area contributed by atoms with Crippen LogP contribution in [0.15, 0.2) is 12.7 Å². The number of Topliss-reactive ketones (excluding diaryl/α,β-unsaturated/α-hetero) is 1. The van der Waals surface area contributed by atoms with Gasteiger partial charge in [-0.05, 0) is 54.3 Å². The maximum absolute atomic E-state index is 13.0. The van der Waals surface area contributed by atoms with Gasteiger partial charge in [-0.3, -0.25) is 4.79 Å². The lowest BCUT2D eigenvalue weighted by Crippen LogP contribution is -2.53. The van der Waals surface area contributed by atoms with E-state index in [1.54, 1.807) is 0 Å². The molecule has 0 heterocycles. The summed E-state index contributed by atoms with van der Waals surface area (Å²) in [7, 11) is 0. The van der Waals surface area contributed by atoms with Crippen molar-refractivity contribution >= 4 is 18.2 Å². The molecule has 2 fully saturated rings. The quantitative estimate of drug-likeness (QED) is 0.573. The second kappa shape index (κ2) is 7.07. The summed E-state index contributed by atoms with van der Waals surface area (Å²) < 4.78 is 0. The third-order valence-electron chi connectivity index (χ3n) is 6.74. The van der Waals surface area contributed by atoms with E-state index in [1.807, 2.05) is 6.08 Å². The van der Waals surface area contributed by atoms with E-state index in [-0.39, 0.29) is 23.7 Å². The van der Waals surface area contributed by atoms with Crippen molar-refractivity contribution in [1.29, 1.82) is 0 Å². The van der Waals surface area contributed by atoms with Gasteiger partial charge in [-0.1, -0.05) is 47.1 Å². The van der Waals surface area contributed by atoms with Gasteiger partial charge >= 0.3 is 0 Å². The Bertz CT molecular complexity index is 414. The summed E-state index contributed by atoms with van der Waals surface area (Å²) in [6, 6.07) is 0. The summed E-state index contributed by atoms with van der Waals surface area (Å²) in [6.07, 6.45) is 8.99. The van der Waals surface area contributed by atoms with Gasteiger partial charge < -0.3 is 0 Å². The fourth-order valence-electron chi connectivity index (χ4n) is 5.72. The molecule has 2 rings (SSSR count). The van der Waals surface area contributed by atoms with Crippen molar-refractivity contribution in [3.63, 3.8) is 0 Å². The Morgan fingerprint density at radius 2 is 1.91 bits per heavy atom. The fourth-order valence-corrected chi connectivity index (χ4v) is 5.72. The van der Waals surface area contributed by atoms with Gasteiger partial charge in [0, 0.05) is 12.3 Å². The van der Waals surface area contributed by atoms with Crippen molar-refractivity contribution in [2.24, 2.45) is 34.5 Å². The van der Waals surface area contributed by atoms with E-state index in [0.29, 0.717) is 35.4 Å². The maximum atomic E-state index is 13.0. The molecule has 1 nitrogen and oxygen atoms in total. The van der Waals surface area contributed by atoms with Gasteiger partial charge in [-0.25, -0.2) is 0 Å². The summed E-state index contributed by atoms with van der Waals surface area (Å²) in [4.78, 5) is 13.0. The Labute approximate surface area is 143 Å². The molecule has 0 saturated heterocycles. The van der Waals surface area contributed by atoms with Crippen LogP contribution in [0.25, 0.3) is 0 Å². The van der Waals surface area contributed by atoms with Crippen molar-refractivity contribution in [3.8, 4) is 0 Å². The predicted octanol–water partition coefficient (Wildman–Crippen LogP) is 6.07. The molecule has 0 bridgehead atoms. The molecule has 2 heteroatoms. The molecule has 2 aliphatic rings. The van der Waals surface area contributed by atoms with E-state index >= 15 is 0 Å². The van der Waals surface area contributed by atoms with Crippen molar-refractivity contribution in [2.45, 2.75) is 73.1 Å². The van der Waals surface area contributed by atoms with E-state index in [1.165, 1.54) is 32.1 Å². The molecule has 128 valence electrons. The number of carbonyl (C=O) groups is 1. The highest BCUT2D eigenvalue weighted by Crippen LogP contribution is 2.61. The average molecular weight is 327 g/mol. The highest BCUT2D eigenvalue weighted by molar-refractivity contribution is 5.85. The number of carbonyl (C=O) groups excluding carboxylic acids is 1. The van der Waals surface area contributed by atoms with E-state index < -0.39 is 0 Å². The highest BCUT2D eigenvalue weighted by atomic mass is 35.5. The van der Waals surface area contributed by atoms with Crippen LogP contribution in [0.5, 0.6) is 0 Å².